The van der Waals surface area contributed by atoms with Gasteiger partial charge in [-0.1, -0.05) is 12.1 Å². The topological polar surface area (TPSA) is 53.6 Å². The molecule has 106 valence electrons. The van der Waals surface area contributed by atoms with Gasteiger partial charge in [-0.3, -0.25) is 9.69 Å². The van der Waals surface area contributed by atoms with Crippen molar-refractivity contribution in [2.45, 2.75) is 0 Å². The molecule has 0 saturated carbocycles. The smallest absolute Gasteiger partial charge is 0.238 e. The van der Waals surface area contributed by atoms with Gasteiger partial charge in [-0.25, -0.2) is 0 Å². The largest absolute Gasteiger partial charge is 0.495 e. The first-order valence-electron chi connectivity index (χ1n) is 6.15. The van der Waals surface area contributed by atoms with Crippen LogP contribution in [0.5, 0.6) is 5.75 Å². The van der Waals surface area contributed by atoms with E-state index in [4.69, 9.17) is 4.74 Å². The lowest BCUT2D eigenvalue weighted by atomic mass is 10.3. The predicted molar refractivity (Wildman–Crippen MR) is 78.2 cm³/mol. The minimum absolute atomic E-state index is 0. The first kappa shape index (κ1) is 15.8. The number of carbonyl (C=O) groups is 1. The quantitative estimate of drug-likeness (QED) is 0.865. The molecule has 0 aromatic heterocycles. The van der Waals surface area contributed by atoms with Crippen LogP contribution in [0.4, 0.5) is 5.69 Å². The number of halogens is 1. The average Bonchev–Trinajstić information content (AvgIpc) is 2.40. The van der Waals surface area contributed by atoms with E-state index in [1.807, 2.05) is 24.3 Å². The summed E-state index contributed by atoms with van der Waals surface area (Å²) in [6, 6.07) is 7.43. The van der Waals surface area contributed by atoms with E-state index in [0.29, 0.717) is 12.3 Å². The molecule has 1 aromatic rings. The summed E-state index contributed by atoms with van der Waals surface area (Å²) < 4.78 is 5.20. The van der Waals surface area contributed by atoms with Gasteiger partial charge in [0.1, 0.15) is 5.75 Å². The number of anilines is 1. The number of nitrogens with one attached hydrogen (secondary N) is 2. The maximum absolute atomic E-state index is 11.9. The van der Waals surface area contributed by atoms with Gasteiger partial charge in [0.05, 0.1) is 19.3 Å². The van der Waals surface area contributed by atoms with E-state index in [-0.39, 0.29) is 18.3 Å². The maximum atomic E-state index is 11.9. The third-order valence-electron chi connectivity index (χ3n) is 2.96. The summed E-state index contributed by atoms with van der Waals surface area (Å²) >= 11 is 0. The van der Waals surface area contributed by atoms with Crippen LogP contribution in [0.3, 0.4) is 0 Å². The van der Waals surface area contributed by atoms with Crippen molar-refractivity contribution in [1.29, 1.82) is 0 Å². The fourth-order valence-electron chi connectivity index (χ4n) is 2.01. The molecule has 2 rings (SSSR count). The van der Waals surface area contributed by atoms with E-state index in [0.717, 1.165) is 31.9 Å². The Morgan fingerprint density at radius 3 is 2.74 bits per heavy atom. The molecule has 1 aromatic carbocycles. The zero-order chi connectivity index (χ0) is 12.8. The van der Waals surface area contributed by atoms with Gasteiger partial charge in [-0.15, -0.1) is 12.4 Å². The molecule has 6 heteroatoms. The predicted octanol–water partition coefficient (Wildman–Crippen LogP) is 0.961. The third-order valence-corrected chi connectivity index (χ3v) is 2.96. The normalized spacial score (nSPS) is 15.4. The second kappa shape index (κ2) is 7.99. The first-order chi connectivity index (χ1) is 8.79. The number of rotatable bonds is 4. The lowest BCUT2D eigenvalue weighted by molar-refractivity contribution is -0.117. The monoisotopic (exact) mass is 285 g/mol. The summed E-state index contributed by atoms with van der Waals surface area (Å²) in [4.78, 5) is 14.1. The number of ether oxygens (including phenoxy) is 1. The van der Waals surface area contributed by atoms with Crippen molar-refractivity contribution in [2.24, 2.45) is 0 Å². The van der Waals surface area contributed by atoms with Gasteiger partial charge in [0, 0.05) is 26.2 Å². The lowest BCUT2D eigenvalue weighted by Gasteiger charge is -2.26. The molecule has 19 heavy (non-hydrogen) atoms. The van der Waals surface area contributed by atoms with E-state index in [1.165, 1.54) is 0 Å². The Kier molecular flexibility index (Phi) is 6.62. The molecule has 1 fully saturated rings. The van der Waals surface area contributed by atoms with Crippen LogP contribution < -0.4 is 15.4 Å². The third kappa shape index (κ3) is 4.70. The second-order valence-corrected chi connectivity index (χ2v) is 4.27. The van der Waals surface area contributed by atoms with E-state index >= 15 is 0 Å². The molecule has 1 aliphatic heterocycles. The zero-order valence-corrected chi connectivity index (χ0v) is 11.8. The Balaban J connectivity index is 0.00000180. The van der Waals surface area contributed by atoms with Crippen molar-refractivity contribution in [2.75, 3.05) is 45.2 Å². The molecule has 5 nitrogen and oxygen atoms in total. The van der Waals surface area contributed by atoms with E-state index in [1.54, 1.807) is 7.11 Å². The first-order valence-corrected chi connectivity index (χ1v) is 6.15. The Hall–Kier alpha value is -1.30. The molecule has 0 bridgehead atoms. The average molecular weight is 286 g/mol. The highest BCUT2D eigenvalue weighted by Gasteiger charge is 2.14. The van der Waals surface area contributed by atoms with Crippen LogP contribution >= 0.6 is 12.4 Å². The zero-order valence-electron chi connectivity index (χ0n) is 11.0. The molecule has 0 unspecified atom stereocenters. The number of amides is 1. The van der Waals surface area contributed by atoms with E-state index < -0.39 is 0 Å². The minimum Gasteiger partial charge on any atom is -0.495 e. The number of carbonyl (C=O) groups excluding carboxylic acids is 1. The molecule has 1 amide bonds. The molecule has 1 heterocycles. The van der Waals surface area contributed by atoms with Gasteiger partial charge < -0.3 is 15.4 Å². The van der Waals surface area contributed by atoms with Crippen molar-refractivity contribution >= 4 is 24.0 Å². The SMILES string of the molecule is COc1ccccc1NC(=O)CN1CCNCC1.Cl. The summed E-state index contributed by atoms with van der Waals surface area (Å²) in [6.45, 7) is 4.16. The van der Waals surface area contributed by atoms with Crippen LogP contribution in [0, 0.1) is 0 Å². The van der Waals surface area contributed by atoms with Crippen molar-refractivity contribution < 1.29 is 9.53 Å². The number of hydrogen-bond acceptors (Lipinski definition) is 4. The highest BCUT2D eigenvalue weighted by Crippen LogP contribution is 2.22. The van der Waals surface area contributed by atoms with Crippen molar-refractivity contribution in [3.63, 3.8) is 0 Å². The maximum Gasteiger partial charge on any atom is 0.238 e. The number of para-hydroxylation sites is 2. The van der Waals surface area contributed by atoms with Crippen LogP contribution in [0.15, 0.2) is 24.3 Å². The van der Waals surface area contributed by atoms with Crippen LogP contribution in [0.2, 0.25) is 0 Å². The number of nitrogens with zero attached hydrogens (tertiary/aromatic N) is 1. The standard InChI is InChI=1S/C13H19N3O2.ClH/c1-18-12-5-3-2-4-11(12)15-13(17)10-16-8-6-14-7-9-16;/h2-5,14H,6-10H2,1H3,(H,15,17);1H. The highest BCUT2D eigenvalue weighted by molar-refractivity contribution is 5.93. The molecule has 2 N–H and O–H groups in total. The Morgan fingerprint density at radius 2 is 2.05 bits per heavy atom. The van der Waals surface area contributed by atoms with Gasteiger partial charge in [0.25, 0.3) is 0 Å². The summed E-state index contributed by atoms with van der Waals surface area (Å²) in [5.74, 6) is 0.688. The fraction of sp³-hybridized carbons (Fsp3) is 0.462. The highest BCUT2D eigenvalue weighted by atomic mass is 35.5. The van der Waals surface area contributed by atoms with E-state index in [2.05, 4.69) is 15.5 Å². The van der Waals surface area contributed by atoms with Crippen LogP contribution in [0.25, 0.3) is 0 Å². The van der Waals surface area contributed by atoms with Gasteiger partial charge in [-0.2, -0.15) is 0 Å². The van der Waals surface area contributed by atoms with Crippen molar-refractivity contribution in [3.8, 4) is 5.75 Å². The molecule has 0 spiro atoms. The Labute approximate surface area is 119 Å². The molecular formula is C13H20ClN3O2. The molecule has 0 radical (unpaired) electrons. The van der Waals surface area contributed by atoms with Gasteiger partial charge in [-0.05, 0) is 12.1 Å². The molecule has 0 atom stereocenters. The molecule has 1 saturated heterocycles. The summed E-state index contributed by atoms with van der Waals surface area (Å²) in [5, 5.41) is 6.15. The Morgan fingerprint density at radius 1 is 1.37 bits per heavy atom. The summed E-state index contributed by atoms with van der Waals surface area (Å²) in [5.41, 5.74) is 0.722. The molecule has 0 aliphatic carbocycles. The van der Waals surface area contributed by atoms with Crippen LogP contribution in [-0.2, 0) is 4.79 Å². The second-order valence-electron chi connectivity index (χ2n) is 4.27. The van der Waals surface area contributed by atoms with E-state index in [9.17, 15) is 4.79 Å². The number of hydrogen-bond donors (Lipinski definition) is 2. The minimum atomic E-state index is 0. The summed E-state index contributed by atoms with van der Waals surface area (Å²) in [6.07, 6.45) is 0. The Bertz CT molecular complexity index is 409. The summed E-state index contributed by atoms with van der Waals surface area (Å²) in [7, 11) is 1.60. The van der Waals surface area contributed by atoms with Crippen LogP contribution in [0.1, 0.15) is 0 Å². The lowest BCUT2D eigenvalue weighted by Crippen LogP contribution is -2.46. The molecule has 1 aliphatic rings. The fourth-order valence-corrected chi connectivity index (χ4v) is 2.01. The number of piperazine rings is 1. The molecular weight excluding hydrogens is 266 g/mol. The number of methoxy groups -OCH3 is 1. The number of benzene rings is 1. The van der Waals surface area contributed by atoms with Gasteiger partial charge in [0.2, 0.25) is 5.91 Å². The van der Waals surface area contributed by atoms with Crippen molar-refractivity contribution in [3.05, 3.63) is 24.3 Å². The van der Waals surface area contributed by atoms with Gasteiger partial charge >= 0.3 is 0 Å². The van der Waals surface area contributed by atoms with Crippen molar-refractivity contribution in [1.82, 2.24) is 10.2 Å². The van der Waals surface area contributed by atoms with Gasteiger partial charge in [0.15, 0.2) is 0 Å². The van der Waals surface area contributed by atoms with Crippen LogP contribution in [-0.4, -0.2) is 50.6 Å².